The van der Waals surface area contributed by atoms with E-state index >= 15 is 0 Å². The summed E-state index contributed by atoms with van der Waals surface area (Å²) in [5, 5.41) is 0.823. The summed E-state index contributed by atoms with van der Waals surface area (Å²) in [5.74, 6) is 0. The van der Waals surface area contributed by atoms with E-state index in [0.717, 1.165) is 23.0 Å². The Morgan fingerprint density at radius 3 is 2.38 bits per heavy atom. The van der Waals surface area contributed by atoms with Gasteiger partial charge in [-0.2, -0.15) is 0 Å². The van der Waals surface area contributed by atoms with E-state index in [1.165, 1.54) is 44.9 Å². The molecule has 0 aliphatic heterocycles. The molecule has 21 heavy (non-hydrogen) atoms. The van der Waals surface area contributed by atoms with Crippen molar-refractivity contribution in [3.8, 4) is 0 Å². The molecule has 0 aliphatic rings. The predicted octanol–water partition coefficient (Wildman–Crippen LogP) is 4.83. The van der Waals surface area contributed by atoms with Crippen LogP contribution in [0.25, 0.3) is 10.9 Å². The molecule has 2 aromatic rings. The van der Waals surface area contributed by atoms with Crippen molar-refractivity contribution in [2.24, 2.45) is 7.05 Å². The molecule has 1 aromatic carbocycles. The Labute approximate surface area is 127 Å². The summed E-state index contributed by atoms with van der Waals surface area (Å²) in [7, 11) is 2.07. The van der Waals surface area contributed by atoms with E-state index in [1.807, 2.05) is 30.3 Å². The van der Waals surface area contributed by atoms with E-state index in [9.17, 15) is 4.79 Å². The Balaban J connectivity index is 1.93. The van der Waals surface area contributed by atoms with Crippen LogP contribution in [-0.4, -0.2) is 4.57 Å². The van der Waals surface area contributed by atoms with Crippen molar-refractivity contribution in [1.82, 2.24) is 4.57 Å². The van der Waals surface area contributed by atoms with Crippen LogP contribution in [0, 0.1) is 0 Å². The number of pyridine rings is 1. The molecule has 0 fully saturated rings. The minimum Gasteiger partial charge on any atom is -0.347 e. The lowest BCUT2D eigenvalue weighted by molar-refractivity contribution is 0.583. The molecular formula is C19H27NO. The van der Waals surface area contributed by atoms with Crippen LogP contribution in [0.5, 0.6) is 0 Å². The highest BCUT2D eigenvalue weighted by molar-refractivity contribution is 5.79. The predicted molar refractivity (Wildman–Crippen MR) is 90.9 cm³/mol. The normalized spacial score (nSPS) is 11.1. The Hall–Kier alpha value is -1.57. The van der Waals surface area contributed by atoms with Gasteiger partial charge in [-0.15, -0.1) is 0 Å². The molecule has 0 atom stereocenters. The minimum atomic E-state index is 0.154. The molecule has 1 aromatic heterocycles. The molecule has 0 saturated heterocycles. The first-order valence-corrected chi connectivity index (χ1v) is 8.31. The molecule has 0 unspecified atom stereocenters. The second kappa shape index (κ2) is 8.02. The van der Waals surface area contributed by atoms with Crippen molar-refractivity contribution >= 4 is 10.9 Å². The van der Waals surface area contributed by atoms with Gasteiger partial charge in [-0.25, -0.2) is 0 Å². The van der Waals surface area contributed by atoms with Crippen LogP contribution in [-0.2, 0) is 13.5 Å². The topological polar surface area (TPSA) is 22.0 Å². The SMILES string of the molecule is CCCCCCCCCc1cc(=O)c2ccccc2n1C. The number of hydrogen-bond acceptors (Lipinski definition) is 1. The molecular weight excluding hydrogens is 258 g/mol. The van der Waals surface area contributed by atoms with E-state index in [1.54, 1.807) is 0 Å². The van der Waals surface area contributed by atoms with Gasteiger partial charge in [0.25, 0.3) is 0 Å². The van der Waals surface area contributed by atoms with E-state index in [-0.39, 0.29) is 5.43 Å². The highest BCUT2D eigenvalue weighted by atomic mass is 16.1. The van der Waals surface area contributed by atoms with Gasteiger partial charge in [0.1, 0.15) is 0 Å². The fraction of sp³-hybridized carbons (Fsp3) is 0.526. The van der Waals surface area contributed by atoms with Gasteiger partial charge in [0.15, 0.2) is 5.43 Å². The zero-order valence-electron chi connectivity index (χ0n) is 13.4. The third-order valence-corrected chi connectivity index (χ3v) is 4.30. The molecule has 0 N–H and O–H groups in total. The average Bonchev–Trinajstić information content (AvgIpc) is 2.51. The van der Waals surface area contributed by atoms with Gasteiger partial charge in [0.05, 0.1) is 5.52 Å². The maximum Gasteiger partial charge on any atom is 0.189 e. The van der Waals surface area contributed by atoms with Crippen LogP contribution in [0.3, 0.4) is 0 Å². The van der Waals surface area contributed by atoms with Crippen molar-refractivity contribution in [3.63, 3.8) is 0 Å². The summed E-state index contributed by atoms with van der Waals surface area (Å²) >= 11 is 0. The lowest BCUT2D eigenvalue weighted by atomic mass is 10.1. The number of unbranched alkanes of at least 4 members (excludes halogenated alkanes) is 6. The Bertz CT molecular complexity index is 627. The molecule has 1 heterocycles. The summed E-state index contributed by atoms with van der Waals surface area (Å²) in [6.07, 6.45) is 10.2. The van der Waals surface area contributed by atoms with Crippen molar-refractivity contribution in [1.29, 1.82) is 0 Å². The maximum atomic E-state index is 12.1. The number of benzene rings is 1. The van der Waals surface area contributed by atoms with E-state index in [4.69, 9.17) is 0 Å². The van der Waals surface area contributed by atoms with Crippen molar-refractivity contribution in [2.45, 2.75) is 58.3 Å². The molecule has 0 spiro atoms. The van der Waals surface area contributed by atoms with E-state index in [0.29, 0.717) is 0 Å². The molecule has 114 valence electrons. The molecule has 0 radical (unpaired) electrons. The largest absolute Gasteiger partial charge is 0.347 e. The van der Waals surface area contributed by atoms with Crippen LogP contribution in [0.4, 0.5) is 0 Å². The summed E-state index contributed by atoms with van der Waals surface area (Å²) < 4.78 is 2.17. The first kappa shape index (κ1) is 15.8. The standard InChI is InChI=1S/C19H27NO/c1-3-4-5-6-7-8-9-12-16-15-19(21)17-13-10-11-14-18(17)20(16)2/h10-11,13-15H,3-9,12H2,1-2H3. The number of para-hydroxylation sites is 1. The summed E-state index contributed by atoms with van der Waals surface area (Å²) in [6, 6.07) is 9.69. The molecule has 0 aliphatic carbocycles. The zero-order valence-corrected chi connectivity index (χ0v) is 13.4. The van der Waals surface area contributed by atoms with E-state index in [2.05, 4.69) is 18.5 Å². The molecule has 0 bridgehead atoms. The van der Waals surface area contributed by atoms with Gasteiger partial charge in [-0.3, -0.25) is 4.79 Å². The number of aromatic nitrogens is 1. The van der Waals surface area contributed by atoms with Crippen LogP contribution < -0.4 is 5.43 Å². The van der Waals surface area contributed by atoms with Crippen molar-refractivity contribution in [2.75, 3.05) is 0 Å². The highest BCUT2D eigenvalue weighted by Gasteiger charge is 2.05. The van der Waals surface area contributed by atoms with Gasteiger partial charge >= 0.3 is 0 Å². The van der Waals surface area contributed by atoms with Gasteiger partial charge in [-0.1, -0.05) is 57.6 Å². The molecule has 2 heteroatoms. The Morgan fingerprint density at radius 2 is 1.62 bits per heavy atom. The fourth-order valence-electron chi connectivity index (χ4n) is 2.96. The third-order valence-electron chi connectivity index (χ3n) is 4.30. The molecule has 2 rings (SSSR count). The first-order valence-electron chi connectivity index (χ1n) is 8.31. The van der Waals surface area contributed by atoms with Gasteiger partial charge in [0.2, 0.25) is 0 Å². The third kappa shape index (κ3) is 4.20. The number of fused-ring (bicyclic) bond motifs is 1. The second-order valence-electron chi connectivity index (χ2n) is 5.95. The first-order chi connectivity index (χ1) is 10.2. The number of aryl methyl sites for hydroxylation is 2. The van der Waals surface area contributed by atoms with Crippen LogP contribution in [0.15, 0.2) is 35.1 Å². The van der Waals surface area contributed by atoms with Crippen LogP contribution >= 0.6 is 0 Å². The lowest BCUT2D eigenvalue weighted by Gasteiger charge is -2.12. The number of nitrogens with zero attached hydrogens (tertiary/aromatic N) is 1. The van der Waals surface area contributed by atoms with Gasteiger partial charge < -0.3 is 4.57 Å². The van der Waals surface area contributed by atoms with Gasteiger partial charge in [0, 0.05) is 24.2 Å². The zero-order chi connectivity index (χ0) is 15.1. The highest BCUT2D eigenvalue weighted by Crippen LogP contribution is 2.14. The molecule has 0 saturated carbocycles. The van der Waals surface area contributed by atoms with E-state index < -0.39 is 0 Å². The van der Waals surface area contributed by atoms with Crippen molar-refractivity contribution < 1.29 is 0 Å². The number of hydrogen-bond donors (Lipinski definition) is 0. The van der Waals surface area contributed by atoms with Crippen LogP contribution in [0.1, 0.15) is 57.6 Å². The average molecular weight is 285 g/mol. The maximum absolute atomic E-state index is 12.1. The smallest absolute Gasteiger partial charge is 0.189 e. The second-order valence-corrected chi connectivity index (χ2v) is 5.95. The Morgan fingerprint density at radius 1 is 0.952 bits per heavy atom. The minimum absolute atomic E-state index is 0.154. The van der Waals surface area contributed by atoms with Crippen LogP contribution in [0.2, 0.25) is 0 Å². The summed E-state index contributed by atoms with van der Waals surface area (Å²) in [5.41, 5.74) is 2.36. The Kier molecular flexibility index (Phi) is 6.04. The molecule has 0 amide bonds. The van der Waals surface area contributed by atoms with Gasteiger partial charge in [-0.05, 0) is 25.0 Å². The summed E-state index contributed by atoms with van der Waals surface area (Å²) in [6.45, 7) is 2.25. The van der Waals surface area contributed by atoms with Crippen molar-refractivity contribution in [3.05, 3.63) is 46.2 Å². The summed E-state index contributed by atoms with van der Waals surface area (Å²) in [4.78, 5) is 12.1. The molecule has 2 nitrogen and oxygen atoms in total. The fourth-order valence-corrected chi connectivity index (χ4v) is 2.96. The number of rotatable bonds is 8. The monoisotopic (exact) mass is 285 g/mol. The quantitative estimate of drug-likeness (QED) is 0.637. The lowest BCUT2D eigenvalue weighted by Crippen LogP contribution is -2.11.